The molecule has 0 aliphatic carbocycles. The van der Waals surface area contributed by atoms with Crippen molar-refractivity contribution in [1.82, 2.24) is 5.32 Å². The number of carbonyl (C=O) groups excluding carboxylic acids is 1. The Bertz CT molecular complexity index is 419. The lowest BCUT2D eigenvalue weighted by molar-refractivity contribution is -0.385. The number of hydrogen-bond acceptors (Lipinski definition) is 5. The molecule has 0 heterocycles. The van der Waals surface area contributed by atoms with Crippen molar-refractivity contribution in [2.45, 2.75) is 6.92 Å². The normalized spacial score (nSPS) is 9.62. The summed E-state index contributed by atoms with van der Waals surface area (Å²) < 4.78 is 0. The minimum absolute atomic E-state index is 0.145. The summed E-state index contributed by atoms with van der Waals surface area (Å²) in [5.74, 6) is 4.41. The monoisotopic (exact) mass is 225 g/mol. The number of carbonyl (C=O) groups is 1. The van der Waals surface area contributed by atoms with Gasteiger partial charge in [-0.3, -0.25) is 14.9 Å². The zero-order valence-electron chi connectivity index (χ0n) is 8.60. The van der Waals surface area contributed by atoms with Crippen LogP contribution in [0.3, 0.4) is 0 Å². The lowest BCUT2D eigenvalue weighted by Crippen LogP contribution is -2.22. The van der Waals surface area contributed by atoms with E-state index in [0.29, 0.717) is 6.54 Å². The quantitative estimate of drug-likeness (QED) is 0.576. The summed E-state index contributed by atoms with van der Waals surface area (Å²) in [6.07, 6.45) is 0. The molecule has 7 nitrogen and oxygen atoms in total. The van der Waals surface area contributed by atoms with Gasteiger partial charge in [-0.05, 0) is 13.0 Å². The third-order valence-corrected chi connectivity index (χ3v) is 1.88. The Balaban J connectivity index is 3.08. The minimum Gasteiger partial charge on any atom is -0.404 e. The van der Waals surface area contributed by atoms with Gasteiger partial charge in [-0.15, -0.1) is 0 Å². The van der Waals surface area contributed by atoms with Crippen molar-refractivity contribution in [3.05, 3.63) is 33.9 Å². The molecule has 0 spiro atoms. The van der Waals surface area contributed by atoms with Crippen LogP contribution in [0.15, 0.2) is 18.2 Å². The maximum Gasteiger partial charge on any atom is 0.313 e. The lowest BCUT2D eigenvalue weighted by Gasteiger charge is -2.04. The van der Waals surface area contributed by atoms with Crippen LogP contribution in [-0.2, 0) is 0 Å². The number of rotatable bonds is 4. The van der Waals surface area contributed by atoms with Crippen LogP contribution in [0, 0.1) is 10.1 Å². The molecular formula is C9H11N3O4. The largest absolute Gasteiger partial charge is 0.404 e. The van der Waals surface area contributed by atoms with Crippen molar-refractivity contribution < 1.29 is 14.6 Å². The average Bonchev–Trinajstić information content (AvgIpc) is 2.28. The van der Waals surface area contributed by atoms with E-state index in [2.05, 4.69) is 10.2 Å². The molecule has 1 amide bonds. The van der Waals surface area contributed by atoms with Gasteiger partial charge in [0.1, 0.15) is 0 Å². The van der Waals surface area contributed by atoms with Crippen molar-refractivity contribution >= 4 is 11.6 Å². The van der Waals surface area contributed by atoms with E-state index >= 15 is 0 Å². The first-order valence-electron chi connectivity index (χ1n) is 4.53. The number of nitrogens with one attached hydrogen (secondary N) is 1. The van der Waals surface area contributed by atoms with E-state index in [-0.39, 0.29) is 22.9 Å². The van der Waals surface area contributed by atoms with Gasteiger partial charge in [0, 0.05) is 24.2 Å². The summed E-state index contributed by atoms with van der Waals surface area (Å²) in [5, 5.41) is 13.1. The van der Waals surface area contributed by atoms with Gasteiger partial charge in [0.05, 0.1) is 4.92 Å². The van der Waals surface area contributed by atoms with Gasteiger partial charge in [-0.25, -0.2) is 0 Å². The molecule has 7 heteroatoms. The molecular weight excluding hydrogens is 214 g/mol. The SMILES string of the molecule is CCNC(=O)c1ccc([N+](=O)[O-])c(ON)c1. The Labute approximate surface area is 91.3 Å². The summed E-state index contributed by atoms with van der Waals surface area (Å²) in [7, 11) is 0. The zero-order chi connectivity index (χ0) is 12.1. The number of nitrogens with zero attached hydrogens (tertiary/aromatic N) is 1. The number of amides is 1. The predicted octanol–water partition coefficient (Wildman–Crippen LogP) is 0.597. The Morgan fingerprint density at radius 1 is 1.62 bits per heavy atom. The Morgan fingerprint density at radius 2 is 2.31 bits per heavy atom. The third kappa shape index (κ3) is 2.45. The van der Waals surface area contributed by atoms with Gasteiger partial charge < -0.3 is 10.2 Å². The third-order valence-electron chi connectivity index (χ3n) is 1.88. The van der Waals surface area contributed by atoms with Gasteiger partial charge in [0.15, 0.2) is 0 Å². The second kappa shape index (κ2) is 5.08. The lowest BCUT2D eigenvalue weighted by atomic mass is 10.2. The number of nitro benzene ring substituents is 1. The van der Waals surface area contributed by atoms with E-state index in [9.17, 15) is 14.9 Å². The van der Waals surface area contributed by atoms with Gasteiger partial charge in [0.2, 0.25) is 5.75 Å². The van der Waals surface area contributed by atoms with Crippen LogP contribution in [0.1, 0.15) is 17.3 Å². The molecule has 0 unspecified atom stereocenters. The van der Waals surface area contributed by atoms with Gasteiger partial charge >= 0.3 is 5.69 Å². The first kappa shape index (κ1) is 11.9. The fourth-order valence-electron chi connectivity index (χ4n) is 1.16. The van der Waals surface area contributed by atoms with Gasteiger partial charge in [0.25, 0.3) is 5.91 Å². The summed E-state index contributed by atoms with van der Waals surface area (Å²) in [4.78, 5) is 25.7. The van der Waals surface area contributed by atoms with Crippen LogP contribution in [-0.4, -0.2) is 17.4 Å². The minimum atomic E-state index is -0.635. The second-order valence-corrected chi connectivity index (χ2v) is 2.92. The van der Waals surface area contributed by atoms with E-state index in [0.717, 1.165) is 0 Å². The number of nitro groups is 1. The maximum atomic E-state index is 11.4. The van der Waals surface area contributed by atoms with Crippen LogP contribution in [0.4, 0.5) is 5.69 Å². The highest BCUT2D eigenvalue weighted by molar-refractivity contribution is 5.95. The van der Waals surface area contributed by atoms with E-state index in [1.165, 1.54) is 18.2 Å². The van der Waals surface area contributed by atoms with Crippen LogP contribution in [0.5, 0.6) is 5.75 Å². The van der Waals surface area contributed by atoms with Crippen LogP contribution in [0.25, 0.3) is 0 Å². The van der Waals surface area contributed by atoms with E-state index in [4.69, 9.17) is 5.90 Å². The van der Waals surface area contributed by atoms with Crippen molar-refractivity contribution in [1.29, 1.82) is 0 Å². The molecule has 16 heavy (non-hydrogen) atoms. The molecule has 0 saturated heterocycles. The summed E-state index contributed by atoms with van der Waals surface area (Å²) in [5.41, 5.74) is -0.0246. The molecule has 0 aliphatic rings. The first-order chi connectivity index (χ1) is 7.60. The molecule has 0 bridgehead atoms. The second-order valence-electron chi connectivity index (χ2n) is 2.92. The molecule has 1 aromatic rings. The first-order valence-corrected chi connectivity index (χ1v) is 4.53. The van der Waals surface area contributed by atoms with E-state index in [1.54, 1.807) is 6.92 Å². The molecule has 86 valence electrons. The molecule has 3 N–H and O–H groups in total. The van der Waals surface area contributed by atoms with Crippen molar-refractivity contribution in [2.75, 3.05) is 6.54 Å². The topological polar surface area (TPSA) is 107 Å². The highest BCUT2D eigenvalue weighted by Crippen LogP contribution is 2.26. The van der Waals surface area contributed by atoms with Crippen LogP contribution in [0.2, 0.25) is 0 Å². The molecule has 0 fully saturated rings. The van der Waals surface area contributed by atoms with Crippen molar-refractivity contribution in [2.24, 2.45) is 5.90 Å². The summed E-state index contributed by atoms with van der Waals surface area (Å²) in [6, 6.07) is 3.74. The molecule has 0 saturated carbocycles. The van der Waals surface area contributed by atoms with Crippen molar-refractivity contribution in [3.8, 4) is 5.75 Å². The molecule has 0 aliphatic heterocycles. The summed E-state index contributed by atoms with van der Waals surface area (Å²) >= 11 is 0. The number of benzene rings is 1. The smallest absolute Gasteiger partial charge is 0.313 e. The fourth-order valence-corrected chi connectivity index (χ4v) is 1.16. The number of hydrogen-bond donors (Lipinski definition) is 2. The highest BCUT2D eigenvalue weighted by atomic mass is 16.6. The molecule has 1 rings (SSSR count). The Kier molecular flexibility index (Phi) is 3.78. The molecule has 0 atom stereocenters. The standard InChI is InChI=1S/C9H11N3O4/c1-2-11-9(13)6-3-4-7(12(14)15)8(5-6)16-10/h3-5H,2,10H2,1H3,(H,11,13). The highest BCUT2D eigenvalue weighted by Gasteiger charge is 2.17. The molecule has 1 aromatic carbocycles. The maximum absolute atomic E-state index is 11.4. The van der Waals surface area contributed by atoms with Gasteiger partial charge in [-0.1, -0.05) is 0 Å². The molecule has 0 radical (unpaired) electrons. The predicted molar refractivity (Wildman–Crippen MR) is 55.9 cm³/mol. The Hall–Kier alpha value is -2.15. The van der Waals surface area contributed by atoms with Gasteiger partial charge in [-0.2, -0.15) is 5.90 Å². The van der Waals surface area contributed by atoms with Crippen LogP contribution >= 0.6 is 0 Å². The summed E-state index contributed by atoms with van der Waals surface area (Å²) in [6.45, 7) is 2.23. The Morgan fingerprint density at radius 3 is 2.81 bits per heavy atom. The van der Waals surface area contributed by atoms with Crippen molar-refractivity contribution in [3.63, 3.8) is 0 Å². The average molecular weight is 225 g/mol. The number of nitrogens with two attached hydrogens (primary N) is 1. The van der Waals surface area contributed by atoms with E-state index in [1.807, 2.05) is 0 Å². The fraction of sp³-hybridized carbons (Fsp3) is 0.222. The van der Waals surface area contributed by atoms with Crippen LogP contribution < -0.4 is 16.1 Å². The van der Waals surface area contributed by atoms with E-state index < -0.39 is 4.92 Å². The zero-order valence-corrected chi connectivity index (χ0v) is 8.60. The molecule has 0 aromatic heterocycles.